The number of rotatable bonds is 3. The van der Waals surface area contributed by atoms with Gasteiger partial charge < -0.3 is 5.32 Å². The molecule has 0 aromatic heterocycles. The number of nitrogens with zero attached hydrogens (tertiary/aromatic N) is 1. The molecule has 274 valence electrons. The van der Waals surface area contributed by atoms with Crippen LogP contribution in [-0.2, 0) is 5.41 Å². The maximum absolute atomic E-state index is 5.42. The van der Waals surface area contributed by atoms with E-state index in [-0.39, 0.29) is 11.6 Å². The van der Waals surface area contributed by atoms with Gasteiger partial charge in [-0.15, -0.1) is 11.8 Å². The van der Waals surface area contributed by atoms with E-state index in [0.717, 1.165) is 25.0 Å². The molecule has 2 spiro atoms. The van der Waals surface area contributed by atoms with Crippen LogP contribution in [-0.4, -0.2) is 11.0 Å². The van der Waals surface area contributed by atoms with Crippen molar-refractivity contribution in [2.75, 3.05) is 0 Å². The highest BCUT2D eigenvalue weighted by molar-refractivity contribution is 8.05. The molecular weight excluding hydrogens is 685 g/mol. The molecule has 2 saturated carbocycles. The van der Waals surface area contributed by atoms with Crippen molar-refractivity contribution in [1.82, 2.24) is 5.32 Å². The van der Waals surface area contributed by atoms with Gasteiger partial charge in [-0.2, -0.15) is 0 Å². The number of fused-ring (bicyclic) bond motifs is 11. The number of allylic oxidation sites excluding steroid dienone is 13. The van der Waals surface area contributed by atoms with Gasteiger partial charge >= 0.3 is 0 Å². The number of thioether (sulfide) groups is 1. The molecule has 12 rings (SSSR count). The molecular formula is C52H50N2S. The first-order valence-corrected chi connectivity index (χ1v) is 22.4. The van der Waals surface area contributed by atoms with Gasteiger partial charge in [-0.1, -0.05) is 154 Å². The summed E-state index contributed by atoms with van der Waals surface area (Å²) in [4.78, 5) is 6.73. The number of aliphatic imine (C=N–C) groups is 1. The first-order valence-electron chi connectivity index (χ1n) is 21.5. The minimum Gasteiger partial charge on any atom is -0.359 e. The van der Waals surface area contributed by atoms with Gasteiger partial charge in [-0.25, -0.2) is 0 Å². The average molecular weight is 735 g/mol. The third kappa shape index (κ3) is 4.84. The van der Waals surface area contributed by atoms with Gasteiger partial charge in [0.05, 0.1) is 16.3 Å². The van der Waals surface area contributed by atoms with Crippen LogP contribution in [0.2, 0.25) is 0 Å². The van der Waals surface area contributed by atoms with Crippen molar-refractivity contribution in [1.29, 1.82) is 0 Å². The van der Waals surface area contributed by atoms with Crippen LogP contribution in [0, 0.1) is 11.3 Å². The third-order valence-electron chi connectivity index (χ3n) is 15.2. The van der Waals surface area contributed by atoms with E-state index in [1.165, 1.54) is 103 Å². The third-order valence-corrected chi connectivity index (χ3v) is 16.6. The van der Waals surface area contributed by atoms with Crippen molar-refractivity contribution in [3.8, 4) is 0 Å². The van der Waals surface area contributed by atoms with Crippen LogP contribution < -0.4 is 5.32 Å². The number of nitrogens with one attached hydrogen (secondary N) is 1. The molecule has 2 nitrogen and oxygen atoms in total. The summed E-state index contributed by atoms with van der Waals surface area (Å²) in [7, 11) is 0. The van der Waals surface area contributed by atoms with Crippen molar-refractivity contribution in [3.63, 3.8) is 0 Å². The molecule has 3 aromatic carbocycles. The van der Waals surface area contributed by atoms with Gasteiger partial charge in [0.2, 0.25) is 0 Å². The van der Waals surface area contributed by atoms with Crippen LogP contribution in [0.25, 0.3) is 5.57 Å². The Bertz CT molecular complexity index is 2360. The lowest BCUT2D eigenvalue weighted by Crippen LogP contribution is -2.36. The van der Waals surface area contributed by atoms with Crippen LogP contribution in [0.1, 0.15) is 123 Å². The van der Waals surface area contributed by atoms with E-state index in [9.17, 15) is 0 Å². The maximum atomic E-state index is 5.42. The smallest absolute Gasteiger partial charge is 0.145 e. The van der Waals surface area contributed by atoms with E-state index in [0.29, 0.717) is 22.5 Å². The summed E-state index contributed by atoms with van der Waals surface area (Å²) < 4.78 is 0. The molecule has 0 saturated heterocycles. The van der Waals surface area contributed by atoms with Crippen molar-refractivity contribution in [2.24, 2.45) is 16.3 Å². The van der Waals surface area contributed by atoms with E-state index in [1.54, 1.807) is 33.4 Å². The fraction of sp³-hybridized carbons (Fsp3) is 0.365. The standard InChI is InChI=1S/C52H50N2S/c1-4-14-35(15-5-1)50-53-47(49-48(54-50)39-17-7-9-19-46(39)55-49)34-22-20-33(21-23-34)36-24-25-38-41-31-40-37-16-6-8-18-42(37)51(26-10-2-11-27-51)44(40)32-45(41)52(43(38)30-36)28-12-3-13-29-52/h1,4-9,14-18,20-23,30-32,40,44,46,50,54H,2-3,10-13,19,24-29H2. The Hall–Kier alpha value is -4.34. The van der Waals surface area contributed by atoms with E-state index in [2.05, 4.69) is 121 Å². The second-order valence-corrected chi connectivity index (χ2v) is 19.0. The van der Waals surface area contributed by atoms with E-state index >= 15 is 0 Å². The molecule has 0 amide bonds. The topological polar surface area (TPSA) is 24.4 Å². The number of hydrogen-bond acceptors (Lipinski definition) is 3. The Balaban J connectivity index is 0.918. The fourth-order valence-electron chi connectivity index (χ4n) is 12.7. The molecule has 9 aliphatic rings. The van der Waals surface area contributed by atoms with Gasteiger partial charge in [0.1, 0.15) is 6.17 Å². The average Bonchev–Trinajstić information content (AvgIpc) is 3.85. The van der Waals surface area contributed by atoms with E-state index in [1.807, 2.05) is 11.8 Å². The summed E-state index contributed by atoms with van der Waals surface area (Å²) in [6.45, 7) is 0. The number of benzene rings is 3. The van der Waals surface area contributed by atoms with Crippen molar-refractivity contribution >= 4 is 23.0 Å². The summed E-state index contributed by atoms with van der Waals surface area (Å²) in [5, 5.41) is 4.31. The summed E-state index contributed by atoms with van der Waals surface area (Å²) >= 11 is 1.99. The highest BCUT2D eigenvalue weighted by atomic mass is 32.2. The second-order valence-electron chi connectivity index (χ2n) is 17.8. The molecule has 0 bridgehead atoms. The first kappa shape index (κ1) is 32.9. The van der Waals surface area contributed by atoms with Crippen LogP contribution in [0.5, 0.6) is 0 Å². The summed E-state index contributed by atoms with van der Waals surface area (Å²) in [5.41, 5.74) is 19.8. The molecule has 4 unspecified atom stereocenters. The molecule has 55 heavy (non-hydrogen) atoms. The fourth-order valence-corrected chi connectivity index (χ4v) is 14.1. The molecule has 4 atom stereocenters. The van der Waals surface area contributed by atoms with Crippen LogP contribution in [0.4, 0.5) is 0 Å². The molecule has 0 radical (unpaired) electrons. The SMILES string of the molecule is C1=CCC2SC3=C(NC(c4ccccc4)N=C3c3ccc(C4=CC5=C(CC4)C4=CC6c7ccccc7C7(CCCCC7)C6C=C4C54CCCCC4)cc3)C2=C1. The van der Waals surface area contributed by atoms with Gasteiger partial charge in [-0.05, 0) is 107 Å². The molecule has 2 aliphatic heterocycles. The van der Waals surface area contributed by atoms with Crippen LogP contribution in [0.3, 0.4) is 0 Å². The minimum absolute atomic E-state index is 0.0885. The Morgan fingerprint density at radius 3 is 2.35 bits per heavy atom. The normalized spacial score (nSPS) is 29.2. The maximum Gasteiger partial charge on any atom is 0.145 e. The van der Waals surface area contributed by atoms with Gasteiger partial charge in [-0.3, -0.25) is 4.99 Å². The second kappa shape index (κ2) is 12.6. The van der Waals surface area contributed by atoms with Crippen molar-refractivity contribution in [3.05, 3.63) is 182 Å². The predicted molar refractivity (Wildman–Crippen MR) is 229 cm³/mol. The molecule has 3 aromatic rings. The summed E-state index contributed by atoms with van der Waals surface area (Å²) in [5.74, 6) is 1.15. The largest absolute Gasteiger partial charge is 0.359 e. The first-order chi connectivity index (χ1) is 27.2. The molecule has 1 N–H and O–H groups in total. The summed E-state index contributed by atoms with van der Waals surface area (Å²) in [6, 6.07) is 29.9. The van der Waals surface area contributed by atoms with Gasteiger partial charge in [0.15, 0.2) is 0 Å². The lowest BCUT2D eigenvalue weighted by molar-refractivity contribution is 0.227. The lowest BCUT2D eigenvalue weighted by atomic mass is 9.59. The highest BCUT2D eigenvalue weighted by Gasteiger charge is 2.56. The van der Waals surface area contributed by atoms with Crippen molar-refractivity contribution in [2.45, 2.75) is 106 Å². The van der Waals surface area contributed by atoms with Crippen LogP contribution in [0.15, 0.2) is 159 Å². The van der Waals surface area contributed by atoms with E-state index < -0.39 is 0 Å². The van der Waals surface area contributed by atoms with E-state index in [4.69, 9.17) is 4.99 Å². The Morgan fingerprint density at radius 2 is 1.51 bits per heavy atom. The molecule has 2 heterocycles. The molecule has 3 heteroatoms. The quantitative estimate of drug-likeness (QED) is 0.290. The Labute approximate surface area is 331 Å². The highest BCUT2D eigenvalue weighted by Crippen LogP contribution is 2.67. The zero-order valence-electron chi connectivity index (χ0n) is 31.8. The monoisotopic (exact) mass is 734 g/mol. The van der Waals surface area contributed by atoms with Gasteiger partial charge in [0, 0.05) is 27.6 Å². The Kier molecular flexibility index (Phi) is 7.52. The van der Waals surface area contributed by atoms with Crippen LogP contribution >= 0.6 is 11.8 Å². The summed E-state index contributed by atoms with van der Waals surface area (Å²) in [6.07, 6.45) is 32.1. The predicted octanol–water partition coefficient (Wildman–Crippen LogP) is 12.9. The lowest BCUT2D eigenvalue weighted by Gasteiger charge is -2.44. The molecule has 2 fully saturated rings. The van der Waals surface area contributed by atoms with Crippen molar-refractivity contribution < 1.29 is 0 Å². The zero-order valence-corrected chi connectivity index (χ0v) is 32.6. The zero-order chi connectivity index (χ0) is 36.1. The number of hydrogen-bond donors (Lipinski definition) is 1. The van der Waals surface area contributed by atoms with Gasteiger partial charge in [0.25, 0.3) is 0 Å². The minimum atomic E-state index is -0.0885. The Morgan fingerprint density at radius 1 is 0.745 bits per heavy atom. The molecule has 7 aliphatic carbocycles.